The summed E-state index contributed by atoms with van der Waals surface area (Å²) in [5.74, 6) is -0.418. The average Bonchev–Trinajstić information content (AvgIpc) is 1.82. The molecule has 50 valence electrons. The van der Waals surface area contributed by atoms with Gasteiger partial charge in [0.1, 0.15) is 6.04 Å². The van der Waals surface area contributed by atoms with Crippen molar-refractivity contribution in [3.63, 3.8) is 0 Å². The van der Waals surface area contributed by atoms with Gasteiger partial charge in [-0.1, -0.05) is 0 Å². The van der Waals surface area contributed by atoms with E-state index in [0.29, 0.717) is 5.75 Å². The van der Waals surface area contributed by atoms with Crippen LogP contribution in [0.5, 0.6) is 0 Å². The van der Waals surface area contributed by atoms with Crippen molar-refractivity contribution in [2.75, 3.05) is 12.0 Å². The molecular weight excluding hydrogens is 137 g/mol. The predicted octanol–water partition coefficient (Wildman–Crippen LogP) is -0.524. The molecule has 0 heterocycles. The predicted molar refractivity (Wildman–Crippen MR) is 38.7 cm³/mol. The Kier molecular flexibility index (Phi) is 4.62. The Morgan fingerprint density at radius 3 is 2.67 bits per heavy atom. The highest BCUT2D eigenvalue weighted by Crippen LogP contribution is 1.95. The zero-order valence-corrected chi connectivity index (χ0v) is 5.94. The maximum absolute atomic E-state index is 10.2. The van der Waals surface area contributed by atoms with Crippen LogP contribution < -0.4 is 5.23 Å². The molecule has 1 atom stereocenters. The van der Waals surface area contributed by atoms with Crippen LogP contribution in [0.2, 0.25) is 0 Å². The highest BCUT2D eigenvalue weighted by atomic mass is 32.2. The lowest BCUT2D eigenvalue weighted by atomic mass is 10.3. The Hall–Kier alpha value is -0.155. The second kappa shape index (κ2) is 4.70. The van der Waals surface area contributed by atoms with E-state index >= 15 is 0 Å². The average molecular weight is 145 g/mol. The van der Waals surface area contributed by atoms with Crippen molar-refractivity contribution in [1.29, 1.82) is 0 Å². The van der Waals surface area contributed by atoms with Gasteiger partial charge in [-0.15, -0.1) is 0 Å². The van der Waals surface area contributed by atoms with Crippen LogP contribution in [0.25, 0.3) is 0 Å². The first-order valence-corrected chi connectivity index (χ1v) is 3.79. The molecule has 0 amide bonds. The molecule has 2 radical (unpaired) electrons. The lowest BCUT2D eigenvalue weighted by Crippen LogP contribution is -2.36. The Morgan fingerprint density at radius 1 is 2.00 bits per heavy atom. The van der Waals surface area contributed by atoms with Gasteiger partial charge in [0.2, 0.25) is 0 Å². The van der Waals surface area contributed by atoms with Gasteiger partial charge in [-0.05, 0) is 6.26 Å². The third-order valence-electron chi connectivity index (χ3n) is 0.833. The molecule has 0 aromatic heterocycles. The zero-order valence-electron chi connectivity index (χ0n) is 5.13. The number of carbonyl (C=O) groups is 1. The van der Waals surface area contributed by atoms with Crippen molar-refractivity contribution in [1.82, 2.24) is 5.23 Å². The monoisotopic (exact) mass is 145 g/mol. The number of rotatable bonds is 4. The quantitative estimate of drug-likeness (QED) is 0.522. The largest absolute Gasteiger partial charge is 0.480 e. The number of hydrogen-bond donors (Lipinski definition) is 2. The maximum atomic E-state index is 10.2. The Labute approximate surface area is 59.6 Å². The molecule has 0 aliphatic rings. The molecule has 2 N–H and O–H groups in total. The first-order chi connectivity index (χ1) is 4.22. The van der Waals surface area contributed by atoms with Crippen LogP contribution in [-0.4, -0.2) is 37.1 Å². The van der Waals surface area contributed by atoms with E-state index in [2.05, 4.69) is 5.23 Å². The molecule has 0 spiro atoms. The fourth-order valence-corrected chi connectivity index (χ4v) is 0.929. The summed E-state index contributed by atoms with van der Waals surface area (Å²) in [5.41, 5.74) is 0. The summed E-state index contributed by atoms with van der Waals surface area (Å²) in [7, 11) is 4.92. The number of nitrogens with one attached hydrogen (secondary N) is 1. The fourth-order valence-electron chi connectivity index (χ4n) is 0.357. The van der Waals surface area contributed by atoms with Crippen molar-refractivity contribution < 1.29 is 9.90 Å². The van der Waals surface area contributed by atoms with Crippen LogP contribution in [-0.2, 0) is 4.79 Å². The molecule has 0 aliphatic carbocycles. The van der Waals surface area contributed by atoms with Gasteiger partial charge < -0.3 is 10.3 Å². The minimum atomic E-state index is -0.910. The Bertz CT molecular complexity index is 101. The van der Waals surface area contributed by atoms with E-state index in [4.69, 9.17) is 13.1 Å². The van der Waals surface area contributed by atoms with Gasteiger partial charge in [0.05, 0.1) is 0 Å². The normalized spacial score (nSPS) is 13.0. The van der Waals surface area contributed by atoms with Crippen molar-refractivity contribution in [2.45, 2.75) is 6.04 Å². The van der Waals surface area contributed by atoms with Gasteiger partial charge in [0.15, 0.2) is 7.98 Å². The number of aliphatic carboxylic acids is 1. The molecule has 0 fully saturated rings. The summed E-state index contributed by atoms with van der Waals surface area (Å²) in [5, 5.41) is 10.5. The number of thioether (sulfide) groups is 1. The molecule has 0 bridgehead atoms. The van der Waals surface area contributed by atoms with Gasteiger partial charge in [0.25, 0.3) is 0 Å². The van der Waals surface area contributed by atoms with E-state index in [1.165, 1.54) is 11.8 Å². The molecule has 0 aliphatic heterocycles. The van der Waals surface area contributed by atoms with E-state index in [1.54, 1.807) is 0 Å². The van der Waals surface area contributed by atoms with Gasteiger partial charge in [0, 0.05) is 5.75 Å². The standard InChI is InChI=1S/C4H8BNO2S/c1-9-2-3(6-5)4(7)8/h3,6H,2H2,1H3,(H,7,8). The number of carboxylic acid groups (broad SMARTS) is 1. The van der Waals surface area contributed by atoms with Gasteiger partial charge in [-0.3, -0.25) is 4.79 Å². The summed E-state index contributed by atoms with van der Waals surface area (Å²) in [6.07, 6.45) is 1.83. The highest BCUT2D eigenvalue weighted by molar-refractivity contribution is 7.98. The molecule has 9 heavy (non-hydrogen) atoms. The van der Waals surface area contributed by atoms with E-state index in [0.717, 1.165) is 0 Å². The molecule has 0 aromatic carbocycles. The van der Waals surface area contributed by atoms with Gasteiger partial charge in [-0.25, -0.2) is 0 Å². The van der Waals surface area contributed by atoms with Crippen LogP contribution >= 0.6 is 11.8 Å². The molecule has 3 nitrogen and oxygen atoms in total. The van der Waals surface area contributed by atoms with Crippen LogP contribution in [0.4, 0.5) is 0 Å². The van der Waals surface area contributed by atoms with Crippen molar-refractivity contribution in [3.8, 4) is 0 Å². The maximum Gasteiger partial charge on any atom is 0.320 e. The van der Waals surface area contributed by atoms with Crippen LogP contribution in [0.1, 0.15) is 0 Å². The van der Waals surface area contributed by atoms with Crippen molar-refractivity contribution in [3.05, 3.63) is 0 Å². The zero-order chi connectivity index (χ0) is 7.28. The Morgan fingerprint density at radius 2 is 2.56 bits per heavy atom. The lowest BCUT2D eigenvalue weighted by Gasteiger charge is -2.07. The highest BCUT2D eigenvalue weighted by Gasteiger charge is 2.11. The number of hydrogen-bond acceptors (Lipinski definition) is 3. The second-order valence-electron chi connectivity index (χ2n) is 1.51. The molecule has 0 saturated carbocycles. The summed E-state index contributed by atoms with van der Waals surface area (Å²) in [4.78, 5) is 10.2. The number of carboxylic acids is 1. The molecule has 0 aromatic rings. The van der Waals surface area contributed by atoms with Crippen molar-refractivity contribution >= 4 is 25.7 Å². The minimum Gasteiger partial charge on any atom is -0.480 e. The summed E-state index contributed by atoms with van der Waals surface area (Å²) >= 11 is 1.44. The first kappa shape index (κ1) is 8.84. The van der Waals surface area contributed by atoms with Gasteiger partial charge in [-0.2, -0.15) is 11.8 Å². The Balaban J connectivity index is 3.54. The van der Waals surface area contributed by atoms with Crippen LogP contribution in [0, 0.1) is 0 Å². The SMILES string of the molecule is [B]NC(CSC)C(=O)O. The fraction of sp³-hybridized carbons (Fsp3) is 0.750. The molecule has 0 rings (SSSR count). The molecule has 1 unspecified atom stereocenters. The molecule has 0 saturated heterocycles. The van der Waals surface area contributed by atoms with E-state index < -0.39 is 12.0 Å². The summed E-state index contributed by atoms with van der Waals surface area (Å²) in [6.45, 7) is 0. The van der Waals surface area contributed by atoms with E-state index in [-0.39, 0.29) is 0 Å². The minimum absolute atomic E-state index is 0.492. The van der Waals surface area contributed by atoms with E-state index in [1.807, 2.05) is 6.26 Å². The summed E-state index contributed by atoms with van der Waals surface area (Å²) < 4.78 is 0. The lowest BCUT2D eigenvalue weighted by molar-refractivity contribution is -0.138. The third-order valence-corrected chi connectivity index (χ3v) is 1.50. The van der Waals surface area contributed by atoms with Crippen LogP contribution in [0.3, 0.4) is 0 Å². The van der Waals surface area contributed by atoms with Crippen molar-refractivity contribution in [2.24, 2.45) is 0 Å². The second-order valence-corrected chi connectivity index (χ2v) is 2.42. The summed E-state index contributed by atoms with van der Waals surface area (Å²) in [6, 6.07) is -0.625. The van der Waals surface area contributed by atoms with Crippen LogP contribution in [0.15, 0.2) is 0 Å². The molecule has 5 heteroatoms. The molecular formula is C4H8BNO2S. The topological polar surface area (TPSA) is 49.3 Å². The van der Waals surface area contributed by atoms with E-state index in [9.17, 15) is 4.79 Å². The third kappa shape index (κ3) is 3.43. The first-order valence-electron chi connectivity index (χ1n) is 2.40. The van der Waals surface area contributed by atoms with Gasteiger partial charge >= 0.3 is 5.97 Å². The smallest absolute Gasteiger partial charge is 0.320 e.